The van der Waals surface area contributed by atoms with Crippen molar-refractivity contribution in [3.8, 4) is 61.3 Å². The second-order valence-corrected chi connectivity index (χ2v) is 17.7. The lowest BCUT2D eigenvalue weighted by Crippen LogP contribution is -2.10. The van der Waals surface area contributed by atoms with E-state index in [1.165, 1.54) is 55.2 Å². The van der Waals surface area contributed by atoms with Gasteiger partial charge in [-0.2, -0.15) is 0 Å². The second-order valence-electron chi connectivity index (χ2n) is 17.7. The third-order valence-electron chi connectivity index (χ3n) is 13.6. The fourth-order valence-corrected chi connectivity index (χ4v) is 10.3. The number of nitrogens with zero attached hydrogens (tertiary/aromatic N) is 2. The largest absolute Gasteiger partial charge is 0.456 e. The summed E-state index contributed by atoms with van der Waals surface area (Å²) < 4.78 is 8.69. The van der Waals surface area contributed by atoms with Crippen LogP contribution in [0.4, 0.5) is 17.1 Å². The molecule has 3 heteroatoms. The zero-order chi connectivity index (χ0) is 45.7. The maximum atomic E-state index is 6.33. The smallest absolute Gasteiger partial charge is 0.136 e. The van der Waals surface area contributed by atoms with Crippen LogP contribution in [-0.2, 0) is 0 Å². The van der Waals surface area contributed by atoms with Gasteiger partial charge in [0, 0.05) is 44.3 Å². The Balaban J connectivity index is 0.846. The topological polar surface area (TPSA) is 21.3 Å². The zero-order valence-electron chi connectivity index (χ0n) is 37.7. The van der Waals surface area contributed by atoms with E-state index in [4.69, 9.17) is 4.42 Å². The Morgan fingerprint density at radius 3 is 1.36 bits per heavy atom. The highest BCUT2D eigenvalue weighted by atomic mass is 16.3. The molecule has 0 N–H and O–H groups in total. The summed E-state index contributed by atoms with van der Waals surface area (Å²) in [6.07, 6.45) is 0. The summed E-state index contributed by atoms with van der Waals surface area (Å²) in [4.78, 5) is 2.37. The first kappa shape index (κ1) is 40.1. The summed E-state index contributed by atoms with van der Waals surface area (Å²) in [6, 6.07) is 96.1. The minimum atomic E-state index is 0.887. The van der Waals surface area contributed by atoms with Gasteiger partial charge in [0.05, 0.1) is 11.0 Å². The normalized spacial score (nSPS) is 11.5. The van der Waals surface area contributed by atoms with Crippen molar-refractivity contribution < 1.29 is 4.42 Å². The predicted molar refractivity (Wildman–Crippen MR) is 290 cm³/mol. The molecule has 0 atom stereocenters. The van der Waals surface area contributed by atoms with Crippen LogP contribution in [0.15, 0.2) is 271 Å². The van der Waals surface area contributed by atoms with Crippen molar-refractivity contribution in [2.75, 3.05) is 4.90 Å². The number of furan rings is 1. The van der Waals surface area contributed by atoms with Crippen LogP contribution in [0.1, 0.15) is 0 Å². The molecule has 2 heterocycles. The molecule has 11 aromatic carbocycles. The summed E-state index contributed by atoms with van der Waals surface area (Å²) in [5.41, 5.74) is 20.3. The quantitative estimate of drug-likeness (QED) is 0.144. The van der Waals surface area contributed by atoms with E-state index in [9.17, 15) is 0 Å². The molecule has 13 aromatic rings. The highest BCUT2D eigenvalue weighted by Crippen LogP contribution is 2.42. The van der Waals surface area contributed by atoms with E-state index < -0.39 is 0 Å². The van der Waals surface area contributed by atoms with E-state index in [1.54, 1.807) is 0 Å². The summed E-state index contributed by atoms with van der Waals surface area (Å²) in [5.74, 6) is 0. The van der Waals surface area contributed by atoms with Gasteiger partial charge in [-0.3, -0.25) is 0 Å². The van der Waals surface area contributed by atoms with E-state index in [0.717, 1.165) is 66.9 Å². The molecule has 0 fully saturated rings. The van der Waals surface area contributed by atoms with Crippen LogP contribution >= 0.6 is 0 Å². The Morgan fingerprint density at radius 2 is 0.710 bits per heavy atom. The molecule has 0 unspecified atom stereocenters. The van der Waals surface area contributed by atoms with Crippen LogP contribution in [0.2, 0.25) is 0 Å². The van der Waals surface area contributed by atoms with Crippen LogP contribution in [0.5, 0.6) is 0 Å². The van der Waals surface area contributed by atoms with Gasteiger partial charge in [0.15, 0.2) is 0 Å². The number of fused-ring (bicyclic) bond motifs is 6. The van der Waals surface area contributed by atoms with E-state index in [0.29, 0.717) is 0 Å². The molecule has 0 saturated heterocycles. The minimum Gasteiger partial charge on any atom is -0.456 e. The van der Waals surface area contributed by atoms with Gasteiger partial charge < -0.3 is 13.9 Å². The highest BCUT2D eigenvalue weighted by Gasteiger charge is 2.18. The predicted octanol–water partition coefficient (Wildman–Crippen LogP) is 18.5. The molecule has 0 saturated carbocycles. The van der Waals surface area contributed by atoms with E-state index >= 15 is 0 Å². The molecule has 0 aliphatic rings. The maximum absolute atomic E-state index is 6.33. The Morgan fingerprint density at radius 1 is 0.275 bits per heavy atom. The molecule has 69 heavy (non-hydrogen) atoms. The lowest BCUT2D eigenvalue weighted by molar-refractivity contribution is 0.669. The van der Waals surface area contributed by atoms with Crippen LogP contribution in [0, 0.1) is 0 Å². The molecule has 0 bridgehead atoms. The summed E-state index contributed by atoms with van der Waals surface area (Å²) in [7, 11) is 0. The number of hydrogen-bond acceptors (Lipinski definition) is 2. The molecule has 0 spiro atoms. The van der Waals surface area contributed by atoms with Gasteiger partial charge >= 0.3 is 0 Å². The van der Waals surface area contributed by atoms with Crippen LogP contribution in [0.3, 0.4) is 0 Å². The molecular weight excluding hydrogens is 837 g/mol. The lowest BCUT2D eigenvalue weighted by atomic mass is 9.97. The molecule has 13 rings (SSSR count). The van der Waals surface area contributed by atoms with E-state index in [1.807, 2.05) is 12.1 Å². The summed E-state index contributed by atoms with van der Waals surface area (Å²) >= 11 is 0. The van der Waals surface area contributed by atoms with Gasteiger partial charge in [-0.1, -0.05) is 188 Å². The van der Waals surface area contributed by atoms with Crippen molar-refractivity contribution in [1.82, 2.24) is 4.57 Å². The Hall–Kier alpha value is -9.18. The third kappa shape index (κ3) is 7.25. The number of anilines is 3. The maximum Gasteiger partial charge on any atom is 0.136 e. The third-order valence-corrected chi connectivity index (χ3v) is 13.6. The first-order valence-electron chi connectivity index (χ1n) is 23.6. The number of aromatic nitrogens is 1. The standard InChI is InChI=1S/C66H44N2O/c1-2-14-45(15-3-1)50-16-10-17-51(42-50)52-18-11-20-56(43-52)67(57-21-12-19-53(44-57)58-25-13-29-65-66(58)61-24-6-9-28-64(61)69-65)54-38-34-48(35-39-54)46-30-32-47(33-31-46)49-36-40-55(41-37-49)68-62-26-7-4-22-59(62)60-23-5-8-27-63(60)68/h1-44H. The van der Waals surface area contributed by atoms with Crippen LogP contribution < -0.4 is 4.90 Å². The number of para-hydroxylation sites is 3. The molecule has 3 nitrogen and oxygen atoms in total. The monoisotopic (exact) mass is 880 g/mol. The van der Waals surface area contributed by atoms with Gasteiger partial charge in [0.2, 0.25) is 0 Å². The summed E-state index contributed by atoms with van der Waals surface area (Å²) in [6.45, 7) is 0. The van der Waals surface area contributed by atoms with Gasteiger partial charge in [0.1, 0.15) is 11.2 Å². The fraction of sp³-hybridized carbons (Fsp3) is 0. The molecule has 0 radical (unpaired) electrons. The number of hydrogen-bond donors (Lipinski definition) is 0. The van der Waals surface area contributed by atoms with Crippen molar-refractivity contribution in [2.45, 2.75) is 0 Å². The van der Waals surface area contributed by atoms with E-state index in [-0.39, 0.29) is 0 Å². The van der Waals surface area contributed by atoms with Gasteiger partial charge in [-0.15, -0.1) is 0 Å². The van der Waals surface area contributed by atoms with Gasteiger partial charge in [0.25, 0.3) is 0 Å². The highest BCUT2D eigenvalue weighted by molar-refractivity contribution is 6.13. The van der Waals surface area contributed by atoms with Crippen molar-refractivity contribution in [2.24, 2.45) is 0 Å². The SMILES string of the molecule is c1ccc(-c2cccc(-c3cccc(N(c4ccc(-c5ccc(-c6ccc(-n7c8ccccc8c8ccccc87)cc6)cc5)cc4)c4cccc(-c5cccc6oc7ccccc7c56)c4)c3)c2)cc1. The molecular formula is C66H44N2O. The number of benzene rings is 11. The minimum absolute atomic E-state index is 0.887. The molecule has 0 aliphatic heterocycles. The Labute approximate surface area is 401 Å². The first-order chi connectivity index (χ1) is 34.2. The zero-order valence-corrected chi connectivity index (χ0v) is 37.7. The van der Waals surface area contributed by atoms with Crippen molar-refractivity contribution in [3.63, 3.8) is 0 Å². The fourth-order valence-electron chi connectivity index (χ4n) is 10.3. The average Bonchev–Trinajstić information content (AvgIpc) is 3.98. The van der Waals surface area contributed by atoms with Gasteiger partial charge in [-0.05, 0) is 134 Å². The molecule has 324 valence electrons. The summed E-state index contributed by atoms with van der Waals surface area (Å²) in [5, 5.41) is 4.79. The van der Waals surface area contributed by atoms with Gasteiger partial charge in [-0.25, -0.2) is 0 Å². The van der Waals surface area contributed by atoms with E-state index in [2.05, 4.69) is 264 Å². The first-order valence-corrected chi connectivity index (χ1v) is 23.6. The molecule has 2 aromatic heterocycles. The van der Waals surface area contributed by atoms with Crippen molar-refractivity contribution in [3.05, 3.63) is 267 Å². The molecule has 0 amide bonds. The van der Waals surface area contributed by atoms with Crippen LogP contribution in [0.25, 0.3) is 105 Å². The second kappa shape index (κ2) is 16.9. The van der Waals surface area contributed by atoms with Crippen molar-refractivity contribution >= 4 is 60.8 Å². The van der Waals surface area contributed by atoms with Crippen molar-refractivity contribution in [1.29, 1.82) is 0 Å². The number of rotatable bonds is 9. The van der Waals surface area contributed by atoms with Crippen LogP contribution in [-0.4, -0.2) is 4.57 Å². The Kier molecular flexibility index (Phi) is 9.84. The lowest BCUT2D eigenvalue weighted by Gasteiger charge is -2.27. The average molecular weight is 881 g/mol. The molecule has 0 aliphatic carbocycles. The Bertz CT molecular complexity index is 3940.